The Kier molecular flexibility index (Phi) is 6.40. The van der Waals surface area contributed by atoms with Crippen LogP contribution in [0.5, 0.6) is 5.75 Å². The lowest BCUT2D eigenvalue weighted by atomic mass is 10.1. The molecule has 5 nitrogen and oxygen atoms in total. The second-order valence-corrected chi connectivity index (χ2v) is 7.72. The van der Waals surface area contributed by atoms with Crippen LogP contribution in [0.25, 0.3) is 0 Å². The minimum absolute atomic E-state index is 0.271. The van der Waals surface area contributed by atoms with Gasteiger partial charge in [-0.2, -0.15) is 0 Å². The molecule has 1 aliphatic rings. The number of nitrogens with two attached hydrogens (primary N) is 1. The highest BCUT2D eigenvalue weighted by molar-refractivity contribution is 6.32. The Morgan fingerprint density at radius 2 is 1.96 bits per heavy atom. The topological polar surface area (TPSA) is 53.8 Å². The molecule has 28 heavy (non-hydrogen) atoms. The van der Waals surface area contributed by atoms with Crippen molar-refractivity contribution in [3.8, 4) is 5.75 Å². The molecule has 3 N–H and O–H groups in total. The number of allylic oxidation sites excluding steroid dienone is 1. The first-order valence-electron chi connectivity index (χ1n) is 9.27. The van der Waals surface area contributed by atoms with Crippen LogP contribution in [0.3, 0.4) is 0 Å². The van der Waals surface area contributed by atoms with E-state index in [2.05, 4.69) is 31.2 Å². The third kappa shape index (κ3) is 4.08. The maximum Gasteiger partial charge on any atom is 0.138 e. The van der Waals surface area contributed by atoms with E-state index in [0.717, 1.165) is 23.4 Å². The Hall–Kier alpha value is -1.92. The van der Waals surface area contributed by atoms with Gasteiger partial charge in [-0.1, -0.05) is 36.2 Å². The van der Waals surface area contributed by atoms with Crippen molar-refractivity contribution in [3.63, 3.8) is 0 Å². The van der Waals surface area contributed by atoms with Crippen LogP contribution in [-0.2, 0) is 6.61 Å². The molecule has 1 atom stereocenters. The fraction of sp³-hybridized carbons (Fsp3) is 0.333. The lowest BCUT2D eigenvalue weighted by molar-refractivity contribution is 0.306. The van der Waals surface area contributed by atoms with Crippen molar-refractivity contribution in [2.45, 2.75) is 39.8 Å². The number of ether oxygens (including phenoxy) is 1. The number of anilines is 2. The lowest BCUT2D eigenvalue weighted by Gasteiger charge is -2.22. The second-order valence-electron chi connectivity index (χ2n) is 6.90. The van der Waals surface area contributed by atoms with Gasteiger partial charge in [-0.25, -0.2) is 11.3 Å². The molecular weight excluding hydrogens is 395 g/mol. The van der Waals surface area contributed by atoms with Crippen molar-refractivity contribution in [2.24, 2.45) is 5.84 Å². The molecule has 0 fully saturated rings. The summed E-state index contributed by atoms with van der Waals surface area (Å²) in [5.41, 5.74) is 8.69. The van der Waals surface area contributed by atoms with Gasteiger partial charge < -0.3 is 9.75 Å². The number of hydrazine groups is 2. The summed E-state index contributed by atoms with van der Waals surface area (Å²) in [6.45, 7) is 6.73. The van der Waals surface area contributed by atoms with Crippen LogP contribution in [0.2, 0.25) is 10.0 Å². The molecule has 1 unspecified atom stereocenters. The molecular formula is C21H26Cl2N4O. The summed E-state index contributed by atoms with van der Waals surface area (Å²) in [6.07, 6.45) is 1.02. The smallest absolute Gasteiger partial charge is 0.138 e. The van der Waals surface area contributed by atoms with Crippen molar-refractivity contribution in [1.29, 1.82) is 0 Å². The summed E-state index contributed by atoms with van der Waals surface area (Å²) in [7, 11) is 1.77. The molecule has 0 aliphatic carbocycles. The SMILES string of the molecule is CCC1=C(C)N(c2ccc(OCc3c(Cl)cccc3N(C)N)c(Cl)c2)NC1C. The molecule has 3 rings (SSSR count). The highest BCUT2D eigenvalue weighted by Gasteiger charge is 2.25. The maximum atomic E-state index is 6.51. The highest BCUT2D eigenvalue weighted by atomic mass is 35.5. The van der Waals surface area contributed by atoms with E-state index in [9.17, 15) is 0 Å². The van der Waals surface area contributed by atoms with Gasteiger partial charge >= 0.3 is 0 Å². The van der Waals surface area contributed by atoms with E-state index >= 15 is 0 Å². The first kappa shape index (κ1) is 20.8. The van der Waals surface area contributed by atoms with Gasteiger partial charge in [-0.05, 0) is 56.2 Å². The van der Waals surface area contributed by atoms with Gasteiger partial charge in [0.15, 0.2) is 0 Å². The van der Waals surface area contributed by atoms with Crippen LogP contribution in [0.4, 0.5) is 11.4 Å². The van der Waals surface area contributed by atoms with Crippen molar-refractivity contribution in [2.75, 3.05) is 17.1 Å². The Balaban J connectivity index is 1.79. The monoisotopic (exact) mass is 420 g/mol. The van der Waals surface area contributed by atoms with Gasteiger partial charge in [-0.3, -0.25) is 5.01 Å². The summed E-state index contributed by atoms with van der Waals surface area (Å²) in [4.78, 5) is 0. The Bertz CT molecular complexity index is 898. The molecule has 0 saturated carbocycles. The lowest BCUT2D eigenvalue weighted by Crippen LogP contribution is -2.35. The zero-order valence-corrected chi connectivity index (χ0v) is 18.1. The molecule has 150 valence electrons. The zero-order chi connectivity index (χ0) is 20.4. The first-order valence-corrected chi connectivity index (χ1v) is 10.0. The van der Waals surface area contributed by atoms with Crippen LogP contribution < -0.4 is 26.0 Å². The number of nitrogens with zero attached hydrogens (tertiary/aromatic N) is 2. The first-order chi connectivity index (χ1) is 13.3. The Labute approximate surface area is 176 Å². The van der Waals surface area contributed by atoms with Gasteiger partial charge in [-0.15, -0.1) is 0 Å². The highest BCUT2D eigenvalue weighted by Crippen LogP contribution is 2.35. The molecule has 0 spiro atoms. The third-order valence-corrected chi connectivity index (χ3v) is 5.70. The van der Waals surface area contributed by atoms with Crippen LogP contribution in [0.15, 0.2) is 47.7 Å². The standard InChI is InChI=1S/C21H26Cl2N4O/c1-5-16-13(2)25-27(14(16)3)15-9-10-21(19(23)11-15)28-12-17-18(22)7-6-8-20(17)26(4)24/h6-11,13,25H,5,12,24H2,1-4H3. The molecule has 7 heteroatoms. The quantitative estimate of drug-likeness (QED) is 0.491. The molecule has 0 radical (unpaired) electrons. The predicted octanol–water partition coefficient (Wildman–Crippen LogP) is 5.28. The van der Waals surface area contributed by atoms with Crippen molar-refractivity contribution in [1.82, 2.24) is 5.43 Å². The normalized spacial score (nSPS) is 16.7. The number of hydrogen-bond acceptors (Lipinski definition) is 5. The fourth-order valence-electron chi connectivity index (χ4n) is 3.57. The minimum Gasteiger partial charge on any atom is -0.487 e. The fourth-order valence-corrected chi connectivity index (χ4v) is 4.03. The van der Waals surface area contributed by atoms with E-state index in [1.807, 2.05) is 36.4 Å². The Morgan fingerprint density at radius 1 is 1.21 bits per heavy atom. The summed E-state index contributed by atoms with van der Waals surface area (Å²) in [5, 5.41) is 4.75. The van der Waals surface area contributed by atoms with Crippen molar-refractivity contribution in [3.05, 3.63) is 63.3 Å². The molecule has 0 amide bonds. The van der Waals surface area contributed by atoms with E-state index in [-0.39, 0.29) is 6.61 Å². The summed E-state index contributed by atoms with van der Waals surface area (Å²) < 4.78 is 5.95. The number of halogens is 2. The summed E-state index contributed by atoms with van der Waals surface area (Å²) in [5.74, 6) is 6.49. The van der Waals surface area contributed by atoms with Gasteiger partial charge in [0.2, 0.25) is 0 Å². The number of benzene rings is 2. The van der Waals surface area contributed by atoms with Crippen LogP contribution in [0, 0.1) is 0 Å². The van der Waals surface area contributed by atoms with Gasteiger partial charge in [0.05, 0.1) is 16.4 Å². The van der Waals surface area contributed by atoms with Crippen molar-refractivity contribution < 1.29 is 4.74 Å². The second kappa shape index (κ2) is 8.62. The minimum atomic E-state index is 0.271. The van der Waals surface area contributed by atoms with E-state index in [1.54, 1.807) is 7.05 Å². The van der Waals surface area contributed by atoms with Gasteiger partial charge in [0, 0.05) is 29.4 Å². The van der Waals surface area contributed by atoms with Crippen LogP contribution >= 0.6 is 23.2 Å². The third-order valence-electron chi connectivity index (χ3n) is 5.05. The summed E-state index contributed by atoms with van der Waals surface area (Å²) in [6, 6.07) is 11.7. The van der Waals surface area contributed by atoms with Crippen LogP contribution in [0.1, 0.15) is 32.8 Å². The largest absolute Gasteiger partial charge is 0.487 e. The maximum absolute atomic E-state index is 6.51. The molecule has 0 aromatic heterocycles. The van der Waals surface area contributed by atoms with E-state index in [1.165, 1.54) is 16.3 Å². The Morgan fingerprint density at radius 3 is 2.57 bits per heavy atom. The van der Waals surface area contributed by atoms with Crippen molar-refractivity contribution >= 4 is 34.6 Å². The molecule has 0 saturated heterocycles. The van der Waals surface area contributed by atoms with E-state index in [0.29, 0.717) is 21.8 Å². The molecule has 0 bridgehead atoms. The average Bonchev–Trinajstić information content (AvgIpc) is 2.94. The van der Waals surface area contributed by atoms with E-state index < -0.39 is 0 Å². The molecule has 1 aliphatic heterocycles. The molecule has 2 aromatic carbocycles. The average molecular weight is 421 g/mol. The number of nitrogens with one attached hydrogen (secondary N) is 1. The number of rotatable bonds is 6. The number of hydrogen-bond donors (Lipinski definition) is 2. The predicted molar refractivity (Wildman–Crippen MR) is 118 cm³/mol. The molecule has 1 heterocycles. The summed E-state index contributed by atoms with van der Waals surface area (Å²) >= 11 is 12.8. The zero-order valence-electron chi connectivity index (χ0n) is 16.6. The van der Waals surface area contributed by atoms with Gasteiger partial charge in [0.1, 0.15) is 12.4 Å². The van der Waals surface area contributed by atoms with Crippen LogP contribution in [-0.4, -0.2) is 13.1 Å². The van der Waals surface area contributed by atoms with Gasteiger partial charge in [0.25, 0.3) is 0 Å². The van der Waals surface area contributed by atoms with E-state index in [4.69, 9.17) is 33.8 Å². The molecule has 2 aromatic rings.